The van der Waals surface area contributed by atoms with Crippen LogP contribution in [0.1, 0.15) is 73.1 Å². The third-order valence-electron chi connectivity index (χ3n) is 3.89. The summed E-state index contributed by atoms with van der Waals surface area (Å²) in [6.07, 6.45) is 7.51. The fourth-order valence-corrected chi connectivity index (χ4v) is 2.67. The molecule has 0 spiro atoms. The van der Waals surface area contributed by atoms with Crippen molar-refractivity contribution in [2.45, 2.75) is 58.4 Å². The van der Waals surface area contributed by atoms with Crippen molar-refractivity contribution in [2.75, 3.05) is 5.32 Å². The Hall–Kier alpha value is -1.84. The number of rotatable bonds is 8. The molecule has 1 aromatic rings. The van der Waals surface area contributed by atoms with Crippen LogP contribution in [-0.2, 0) is 0 Å². The van der Waals surface area contributed by atoms with Crippen LogP contribution in [0.2, 0.25) is 0 Å². The lowest BCUT2D eigenvalue weighted by molar-refractivity contribution is 0.0879. The molecule has 2 rings (SSSR count). The highest BCUT2D eigenvalue weighted by Crippen LogP contribution is 2.21. The zero-order valence-electron chi connectivity index (χ0n) is 12.9. The minimum absolute atomic E-state index is 0.300. The third kappa shape index (κ3) is 4.06. The molecule has 1 aliphatic heterocycles. The van der Waals surface area contributed by atoms with Crippen molar-refractivity contribution in [3.63, 3.8) is 0 Å². The predicted molar refractivity (Wildman–Crippen MR) is 84.7 cm³/mol. The highest BCUT2D eigenvalue weighted by Gasteiger charge is 2.26. The molecule has 114 valence electrons. The molecule has 21 heavy (non-hydrogen) atoms. The summed E-state index contributed by atoms with van der Waals surface area (Å²) in [7, 11) is 0. The van der Waals surface area contributed by atoms with Gasteiger partial charge in [0.1, 0.15) is 0 Å². The van der Waals surface area contributed by atoms with Crippen LogP contribution in [0, 0.1) is 0 Å². The summed E-state index contributed by atoms with van der Waals surface area (Å²) in [5.74, 6) is -0.601. The average molecular weight is 288 g/mol. The van der Waals surface area contributed by atoms with Gasteiger partial charge in [-0.3, -0.25) is 14.9 Å². The van der Waals surface area contributed by atoms with Crippen LogP contribution in [0.3, 0.4) is 0 Å². The standard InChI is InChI=1S/C17H24N2O2/c1-3-4-5-6-7-8-12(2)18-13-9-10-14-15(11-13)17(21)19-16(14)20/h9-12,18H,3-8H2,1-2H3,(H,19,20,21). The van der Waals surface area contributed by atoms with Crippen molar-refractivity contribution >= 4 is 17.5 Å². The molecule has 0 fully saturated rings. The van der Waals surface area contributed by atoms with E-state index < -0.39 is 0 Å². The van der Waals surface area contributed by atoms with Crippen molar-refractivity contribution < 1.29 is 9.59 Å². The van der Waals surface area contributed by atoms with E-state index in [4.69, 9.17) is 0 Å². The number of amides is 2. The molecular formula is C17H24N2O2. The van der Waals surface area contributed by atoms with E-state index in [0.29, 0.717) is 17.2 Å². The molecule has 0 radical (unpaired) electrons. The first kappa shape index (κ1) is 15.5. The Balaban J connectivity index is 1.85. The van der Waals surface area contributed by atoms with Crippen LogP contribution in [0.4, 0.5) is 5.69 Å². The normalized spacial score (nSPS) is 14.8. The molecule has 0 aliphatic carbocycles. The van der Waals surface area contributed by atoms with Gasteiger partial charge in [-0.15, -0.1) is 0 Å². The maximum absolute atomic E-state index is 11.6. The molecule has 1 atom stereocenters. The van der Waals surface area contributed by atoms with E-state index in [2.05, 4.69) is 24.5 Å². The van der Waals surface area contributed by atoms with Crippen LogP contribution in [0.5, 0.6) is 0 Å². The number of carbonyl (C=O) groups excluding carboxylic acids is 2. The Morgan fingerprint density at radius 2 is 1.76 bits per heavy atom. The molecule has 0 aromatic heterocycles. The first-order valence-corrected chi connectivity index (χ1v) is 7.88. The molecule has 1 heterocycles. The van der Waals surface area contributed by atoms with Crippen LogP contribution in [0.15, 0.2) is 18.2 Å². The molecule has 4 nitrogen and oxygen atoms in total. The molecule has 0 saturated heterocycles. The van der Waals surface area contributed by atoms with E-state index in [-0.39, 0.29) is 11.8 Å². The van der Waals surface area contributed by atoms with Gasteiger partial charge in [-0.1, -0.05) is 39.0 Å². The first-order chi connectivity index (χ1) is 10.1. The van der Waals surface area contributed by atoms with Gasteiger partial charge in [0, 0.05) is 11.7 Å². The summed E-state index contributed by atoms with van der Waals surface area (Å²) >= 11 is 0. The van der Waals surface area contributed by atoms with E-state index in [1.54, 1.807) is 12.1 Å². The van der Waals surface area contributed by atoms with Crippen molar-refractivity contribution in [1.82, 2.24) is 5.32 Å². The number of hydrogen-bond donors (Lipinski definition) is 2. The Kier molecular flexibility index (Phi) is 5.37. The zero-order valence-corrected chi connectivity index (χ0v) is 12.9. The summed E-state index contributed by atoms with van der Waals surface area (Å²) in [5.41, 5.74) is 1.84. The van der Waals surface area contributed by atoms with Crippen LogP contribution in [-0.4, -0.2) is 17.9 Å². The van der Waals surface area contributed by atoms with Gasteiger partial charge in [-0.05, 0) is 31.5 Å². The Morgan fingerprint density at radius 1 is 1.05 bits per heavy atom. The van der Waals surface area contributed by atoms with E-state index in [9.17, 15) is 9.59 Å². The minimum atomic E-state index is -0.300. The summed E-state index contributed by atoms with van der Waals surface area (Å²) in [5, 5.41) is 5.72. The molecule has 2 amide bonds. The smallest absolute Gasteiger partial charge is 0.259 e. The van der Waals surface area contributed by atoms with Crippen LogP contribution < -0.4 is 10.6 Å². The van der Waals surface area contributed by atoms with Crippen LogP contribution >= 0.6 is 0 Å². The molecule has 0 saturated carbocycles. The SMILES string of the molecule is CCCCCCCC(C)Nc1ccc2c(c1)C(=O)NC2=O. The molecule has 4 heteroatoms. The van der Waals surface area contributed by atoms with Gasteiger partial charge >= 0.3 is 0 Å². The summed E-state index contributed by atoms with van der Waals surface area (Å²) in [6, 6.07) is 5.71. The van der Waals surface area contributed by atoms with Crippen molar-refractivity contribution in [1.29, 1.82) is 0 Å². The number of anilines is 1. The van der Waals surface area contributed by atoms with Gasteiger partial charge in [-0.2, -0.15) is 0 Å². The highest BCUT2D eigenvalue weighted by atomic mass is 16.2. The molecule has 1 aliphatic rings. The number of hydrogen-bond acceptors (Lipinski definition) is 3. The number of carbonyl (C=O) groups is 2. The second-order valence-corrected chi connectivity index (χ2v) is 5.79. The lowest BCUT2D eigenvalue weighted by Crippen LogP contribution is -2.19. The van der Waals surface area contributed by atoms with E-state index in [0.717, 1.165) is 12.1 Å². The highest BCUT2D eigenvalue weighted by molar-refractivity contribution is 6.21. The van der Waals surface area contributed by atoms with Gasteiger partial charge in [0.05, 0.1) is 11.1 Å². The largest absolute Gasteiger partial charge is 0.383 e. The zero-order chi connectivity index (χ0) is 15.2. The maximum Gasteiger partial charge on any atom is 0.259 e. The van der Waals surface area contributed by atoms with Crippen molar-refractivity contribution in [2.24, 2.45) is 0 Å². The summed E-state index contributed by atoms with van der Waals surface area (Å²) in [4.78, 5) is 23.1. The van der Waals surface area contributed by atoms with Gasteiger partial charge in [-0.25, -0.2) is 0 Å². The van der Waals surface area contributed by atoms with Gasteiger partial charge in [0.25, 0.3) is 11.8 Å². The van der Waals surface area contributed by atoms with Gasteiger partial charge in [0.2, 0.25) is 0 Å². The summed E-state index contributed by atoms with van der Waals surface area (Å²) in [6.45, 7) is 4.37. The quantitative estimate of drug-likeness (QED) is 0.566. The fraction of sp³-hybridized carbons (Fsp3) is 0.529. The summed E-state index contributed by atoms with van der Waals surface area (Å²) < 4.78 is 0. The molecular weight excluding hydrogens is 264 g/mol. The number of nitrogens with one attached hydrogen (secondary N) is 2. The lowest BCUT2D eigenvalue weighted by Gasteiger charge is -2.15. The van der Waals surface area contributed by atoms with E-state index in [1.807, 2.05) is 6.07 Å². The number of imide groups is 1. The van der Waals surface area contributed by atoms with Gasteiger partial charge < -0.3 is 5.32 Å². The molecule has 2 N–H and O–H groups in total. The molecule has 0 bridgehead atoms. The minimum Gasteiger partial charge on any atom is -0.383 e. The first-order valence-electron chi connectivity index (χ1n) is 7.88. The second-order valence-electron chi connectivity index (χ2n) is 5.79. The van der Waals surface area contributed by atoms with E-state index in [1.165, 1.54) is 32.1 Å². The lowest BCUT2D eigenvalue weighted by atomic mass is 10.1. The Labute approximate surface area is 126 Å². The Morgan fingerprint density at radius 3 is 2.52 bits per heavy atom. The average Bonchev–Trinajstić information content (AvgIpc) is 2.73. The number of benzene rings is 1. The third-order valence-corrected chi connectivity index (χ3v) is 3.89. The molecule has 1 aromatic carbocycles. The monoisotopic (exact) mass is 288 g/mol. The number of unbranched alkanes of at least 4 members (excludes halogenated alkanes) is 4. The fourth-order valence-electron chi connectivity index (χ4n) is 2.67. The number of fused-ring (bicyclic) bond motifs is 1. The topological polar surface area (TPSA) is 58.2 Å². The molecule has 1 unspecified atom stereocenters. The van der Waals surface area contributed by atoms with Crippen molar-refractivity contribution in [3.05, 3.63) is 29.3 Å². The van der Waals surface area contributed by atoms with Gasteiger partial charge in [0.15, 0.2) is 0 Å². The maximum atomic E-state index is 11.6. The predicted octanol–water partition coefficient (Wildman–Crippen LogP) is 3.73. The second kappa shape index (κ2) is 7.25. The van der Waals surface area contributed by atoms with E-state index >= 15 is 0 Å². The van der Waals surface area contributed by atoms with Crippen molar-refractivity contribution in [3.8, 4) is 0 Å². The van der Waals surface area contributed by atoms with Crippen LogP contribution in [0.25, 0.3) is 0 Å². The Bertz CT molecular complexity index is 526.